The van der Waals surface area contributed by atoms with Gasteiger partial charge in [-0.25, -0.2) is 0 Å². The van der Waals surface area contributed by atoms with Crippen LogP contribution in [0.3, 0.4) is 0 Å². The number of benzene rings is 2. The second-order valence-electron chi connectivity index (χ2n) is 7.94. The number of oxime groups is 1. The van der Waals surface area contributed by atoms with E-state index < -0.39 is 0 Å². The van der Waals surface area contributed by atoms with Crippen LogP contribution in [-0.2, 0) is 14.4 Å². The van der Waals surface area contributed by atoms with Crippen LogP contribution in [0, 0.1) is 6.92 Å². The lowest BCUT2D eigenvalue weighted by Crippen LogP contribution is -2.36. The molecule has 164 valence electrons. The van der Waals surface area contributed by atoms with Gasteiger partial charge in [-0.05, 0) is 61.2 Å². The van der Waals surface area contributed by atoms with Gasteiger partial charge in [0.25, 0.3) is 5.91 Å². The minimum Gasteiger partial charge on any atom is -0.386 e. The second-order valence-corrected chi connectivity index (χ2v) is 7.94. The summed E-state index contributed by atoms with van der Waals surface area (Å²) in [6.07, 6.45) is 4.10. The van der Waals surface area contributed by atoms with Gasteiger partial charge in [0.1, 0.15) is 0 Å². The van der Waals surface area contributed by atoms with Crippen molar-refractivity contribution in [2.24, 2.45) is 5.16 Å². The van der Waals surface area contributed by atoms with Crippen molar-refractivity contribution < 1.29 is 14.4 Å². The average molecular weight is 423 g/mol. The summed E-state index contributed by atoms with van der Waals surface area (Å²) < 4.78 is 5.39. The van der Waals surface area contributed by atoms with Gasteiger partial charge < -0.3 is 24.7 Å². The molecule has 31 heavy (non-hydrogen) atoms. The summed E-state index contributed by atoms with van der Waals surface area (Å²) in [7, 11) is 0. The van der Waals surface area contributed by atoms with Crippen LogP contribution < -0.4 is 15.1 Å². The standard InChI is InChI=1S/C24H30N4O3/c1-19-16-22(27-10-2-3-11-27)8-9-23(19)26-24(29)18-31-25-17-20-4-6-21(7-5-20)28-12-14-30-15-13-28/h4-9,16-17H,2-3,10-15,18H2,1H3,(H,26,29)/b25-17+. The predicted molar refractivity (Wildman–Crippen MR) is 124 cm³/mol. The molecule has 0 atom stereocenters. The monoisotopic (exact) mass is 422 g/mol. The van der Waals surface area contributed by atoms with Gasteiger partial charge in [-0.3, -0.25) is 4.79 Å². The molecule has 0 radical (unpaired) electrons. The Bertz CT molecular complexity index is 902. The number of hydrogen-bond acceptors (Lipinski definition) is 6. The molecule has 4 rings (SSSR count). The normalized spacial score (nSPS) is 16.7. The average Bonchev–Trinajstić information content (AvgIpc) is 3.34. The smallest absolute Gasteiger partial charge is 0.265 e. The van der Waals surface area contributed by atoms with Crippen molar-refractivity contribution >= 4 is 29.2 Å². The molecule has 1 amide bonds. The largest absolute Gasteiger partial charge is 0.386 e. The Hall–Kier alpha value is -3.06. The molecular formula is C24H30N4O3. The summed E-state index contributed by atoms with van der Waals surface area (Å²) in [5, 5.41) is 6.83. The number of aryl methyl sites for hydroxylation is 1. The first-order valence-corrected chi connectivity index (χ1v) is 10.9. The van der Waals surface area contributed by atoms with Gasteiger partial charge in [0.15, 0.2) is 6.61 Å². The fourth-order valence-electron chi connectivity index (χ4n) is 3.93. The van der Waals surface area contributed by atoms with Gasteiger partial charge in [0.05, 0.1) is 19.4 Å². The van der Waals surface area contributed by atoms with Crippen molar-refractivity contribution in [2.75, 3.05) is 61.1 Å². The maximum atomic E-state index is 12.2. The van der Waals surface area contributed by atoms with Crippen LogP contribution in [0.4, 0.5) is 17.1 Å². The minimum atomic E-state index is -0.225. The number of ether oxygens (including phenoxy) is 1. The number of carbonyl (C=O) groups excluding carboxylic acids is 1. The zero-order chi connectivity index (χ0) is 21.5. The van der Waals surface area contributed by atoms with Crippen LogP contribution in [0.1, 0.15) is 24.0 Å². The lowest BCUT2D eigenvalue weighted by molar-refractivity contribution is -0.120. The molecule has 2 aromatic carbocycles. The molecule has 0 spiro atoms. The van der Waals surface area contributed by atoms with E-state index in [1.807, 2.05) is 25.1 Å². The summed E-state index contributed by atoms with van der Waals surface area (Å²) in [4.78, 5) is 22.1. The third-order valence-electron chi connectivity index (χ3n) is 5.70. The van der Waals surface area contributed by atoms with E-state index in [9.17, 15) is 4.79 Å². The Morgan fingerprint density at radius 1 is 1.03 bits per heavy atom. The number of nitrogens with zero attached hydrogens (tertiary/aromatic N) is 3. The van der Waals surface area contributed by atoms with E-state index in [1.165, 1.54) is 24.2 Å². The number of carbonyl (C=O) groups is 1. The Labute approximate surface area is 183 Å². The first-order valence-electron chi connectivity index (χ1n) is 10.9. The topological polar surface area (TPSA) is 66.4 Å². The SMILES string of the molecule is Cc1cc(N2CCCC2)ccc1NC(=O)CO/N=C/c1ccc(N2CCOCC2)cc1. The zero-order valence-electron chi connectivity index (χ0n) is 18.0. The van der Waals surface area contributed by atoms with Crippen LogP contribution in [0.25, 0.3) is 0 Å². The van der Waals surface area contributed by atoms with E-state index in [2.05, 4.69) is 44.5 Å². The van der Waals surface area contributed by atoms with Crippen LogP contribution >= 0.6 is 0 Å². The summed E-state index contributed by atoms with van der Waals surface area (Å²) in [6.45, 7) is 7.44. The second kappa shape index (κ2) is 10.3. The number of nitrogens with one attached hydrogen (secondary N) is 1. The number of hydrogen-bond donors (Lipinski definition) is 1. The highest BCUT2D eigenvalue weighted by molar-refractivity contribution is 5.92. The first-order chi connectivity index (χ1) is 15.2. The van der Waals surface area contributed by atoms with Crippen molar-refractivity contribution in [3.63, 3.8) is 0 Å². The highest BCUT2D eigenvalue weighted by Gasteiger charge is 2.14. The highest BCUT2D eigenvalue weighted by Crippen LogP contribution is 2.25. The molecule has 1 N–H and O–H groups in total. The van der Waals surface area contributed by atoms with Crippen molar-refractivity contribution in [2.45, 2.75) is 19.8 Å². The molecule has 7 nitrogen and oxygen atoms in total. The van der Waals surface area contributed by atoms with Crippen molar-refractivity contribution in [1.29, 1.82) is 0 Å². The van der Waals surface area contributed by atoms with E-state index in [4.69, 9.17) is 9.57 Å². The van der Waals surface area contributed by atoms with E-state index >= 15 is 0 Å². The van der Waals surface area contributed by atoms with E-state index in [1.54, 1.807) is 6.21 Å². The minimum absolute atomic E-state index is 0.129. The third-order valence-corrected chi connectivity index (χ3v) is 5.70. The molecule has 0 saturated carbocycles. The Balaban J connectivity index is 1.23. The summed E-state index contributed by atoms with van der Waals surface area (Å²) in [6, 6.07) is 14.3. The van der Waals surface area contributed by atoms with Crippen LogP contribution in [0.15, 0.2) is 47.6 Å². The van der Waals surface area contributed by atoms with Crippen LogP contribution in [0.5, 0.6) is 0 Å². The summed E-state index contributed by atoms with van der Waals surface area (Å²) >= 11 is 0. The number of amides is 1. The Morgan fingerprint density at radius 2 is 1.71 bits per heavy atom. The zero-order valence-corrected chi connectivity index (χ0v) is 18.0. The lowest BCUT2D eigenvalue weighted by Gasteiger charge is -2.28. The van der Waals surface area contributed by atoms with Crippen molar-refractivity contribution in [1.82, 2.24) is 0 Å². The molecule has 0 aromatic heterocycles. The molecule has 2 fully saturated rings. The fraction of sp³-hybridized carbons (Fsp3) is 0.417. The summed E-state index contributed by atoms with van der Waals surface area (Å²) in [5.41, 5.74) is 5.16. The van der Waals surface area contributed by atoms with E-state index in [0.29, 0.717) is 0 Å². The third kappa shape index (κ3) is 5.76. The quantitative estimate of drug-likeness (QED) is 0.547. The Morgan fingerprint density at radius 3 is 2.42 bits per heavy atom. The molecule has 2 heterocycles. The van der Waals surface area contributed by atoms with Crippen molar-refractivity contribution in [3.05, 3.63) is 53.6 Å². The number of anilines is 3. The molecule has 2 aliphatic heterocycles. The Kier molecular flexibility index (Phi) is 7.04. The molecule has 2 aliphatic rings. The first kappa shape index (κ1) is 21.2. The van der Waals surface area contributed by atoms with E-state index in [-0.39, 0.29) is 12.5 Å². The molecule has 0 bridgehead atoms. The van der Waals surface area contributed by atoms with Crippen LogP contribution in [-0.4, -0.2) is 58.1 Å². The molecule has 2 aromatic rings. The van der Waals surface area contributed by atoms with E-state index in [0.717, 1.165) is 56.2 Å². The van der Waals surface area contributed by atoms with Gasteiger partial charge in [0.2, 0.25) is 0 Å². The van der Waals surface area contributed by atoms with Gasteiger partial charge in [-0.1, -0.05) is 17.3 Å². The van der Waals surface area contributed by atoms with Gasteiger partial charge in [-0.15, -0.1) is 0 Å². The van der Waals surface area contributed by atoms with Crippen molar-refractivity contribution in [3.8, 4) is 0 Å². The molecule has 0 aliphatic carbocycles. The van der Waals surface area contributed by atoms with Gasteiger partial charge in [-0.2, -0.15) is 0 Å². The molecule has 7 heteroatoms. The maximum absolute atomic E-state index is 12.2. The fourth-order valence-corrected chi connectivity index (χ4v) is 3.93. The lowest BCUT2D eigenvalue weighted by atomic mass is 10.1. The summed E-state index contributed by atoms with van der Waals surface area (Å²) in [5.74, 6) is -0.225. The van der Waals surface area contributed by atoms with Gasteiger partial charge in [0, 0.05) is 43.2 Å². The maximum Gasteiger partial charge on any atom is 0.265 e. The highest BCUT2D eigenvalue weighted by atomic mass is 16.6. The molecule has 0 unspecified atom stereocenters. The predicted octanol–water partition coefficient (Wildman–Crippen LogP) is 3.42. The molecular weight excluding hydrogens is 392 g/mol. The van der Waals surface area contributed by atoms with Gasteiger partial charge >= 0.3 is 0 Å². The number of rotatable bonds is 7. The number of morpholine rings is 1. The molecule has 2 saturated heterocycles. The van der Waals surface area contributed by atoms with Crippen LogP contribution in [0.2, 0.25) is 0 Å².